The van der Waals surface area contributed by atoms with Crippen molar-refractivity contribution >= 4 is 17.5 Å². The molecular formula is C16H20ClN3O. The van der Waals surface area contributed by atoms with E-state index in [4.69, 9.17) is 11.6 Å². The van der Waals surface area contributed by atoms with Gasteiger partial charge in [-0.15, -0.1) is 0 Å². The minimum absolute atomic E-state index is 0.0890. The van der Waals surface area contributed by atoms with Gasteiger partial charge in [0.15, 0.2) is 0 Å². The lowest BCUT2D eigenvalue weighted by atomic mass is 10.1. The Hall–Kier alpha value is -1.81. The molecule has 0 aliphatic carbocycles. The van der Waals surface area contributed by atoms with Gasteiger partial charge in [0.1, 0.15) is 0 Å². The van der Waals surface area contributed by atoms with E-state index < -0.39 is 0 Å². The smallest absolute Gasteiger partial charge is 0.254 e. The monoisotopic (exact) mass is 305 g/mol. The third kappa shape index (κ3) is 3.45. The van der Waals surface area contributed by atoms with Crippen LogP contribution in [-0.4, -0.2) is 21.7 Å². The fourth-order valence-corrected chi connectivity index (χ4v) is 2.05. The van der Waals surface area contributed by atoms with Crippen LogP contribution in [0.25, 0.3) is 5.69 Å². The maximum atomic E-state index is 12.3. The van der Waals surface area contributed by atoms with Crippen molar-refractivity contribution in [3.63, 3.8) is 0 Å². The number of rotatable bonds is 4. The quantitative estimate of drug-likeness (QED) is 0.938. The molecule has 1 aromatic carbocycles. The molecule has 0 aliphatic heterocycles. The topological polar surface area (TPSA) is 46.9 Å². The summed E-state index contributed by atoms with van der Waals surface area (Å²) in [6, 6.07) is 7.48. The Morgan fingerprint density at radius 2 is 1.86 bits per heavy atom. The Balaban J connectivity index is 2.24. The van der Waals surface area contributed by atoms with Gasteiger partial charge in [-0.1, -0.05) is 25.4 Å². The van der Waals surface area contributed by atoms with Crippen LogP contribution >= 0.6 is 11.6 Å². The Morgan fingerprint density at radius 1 is 1.24 bits per heavy atom. The van der Waals surface area contributed by atoms with E-state index >= 15 is 0 Å². The van der Waals surface area contributed by atoms with Crippen molar-refractivity contribution in [2.75, 3.05) is 0 Å². The van der Waals surface area contributed by atoms with Crippen LogP contribution in [0.4, 0.5) is 0 Å². The highest BCUT2D eigenvalue weighted by molar-refractivity contribution is 6.30. The fourth-order valence-electron chi connectivity index (χ4n) is 1.93. The van der Waals surface area contributed by atoms with Crippen molar-refractivity contribution in [2.24, 2.45) is 5.92 Å². The van der Waals surface area contributed by atoms with Crippen molar-refractivity contribution in [2.45, 2.75) is 33.7 Å². The van der Waals surface area contributed by atoms with Gasteiger partial charge in [-0.05, 0) is 44.0 Å². The highest BCUT2D eigenvalue weighted by Gasteiger charge is 2.18. The first kappa shape index (κ1) is 15.6. The number of hydrogen-bond donors (Lipinski definition) is 1. The molecule has 0 aliphatic rings. The van der Waals surface area contributed by atoms with Crippen molar-refractivity contribution in [1.29, 1.82) is 0 Å². The molecule has 2 rings (SSSR count). The van der Waals surface area contributed by atoms with E-state index in [1.165, 1.54) is 0 Å². The Labute approximate surface area is 130 Å². The SMILES string of the molecule is Cc1c(C(=O)NC(C)C(C)C)cnn1-c1ccc(Cl)cc1. The van der Waals surface area contributed by atoms with E-state index in [0.29, 0.717) is 16.5 Å². The maximum absolute atomic E-state index is 12.3. The van der Waals surface area contributed by atoms with Crippen LogP contribution in [-0.2, 0) is 0 Å². The summed E-state index contributed by atoms with van der Waals surface area (Å²) in [6.45, 7) is 8.04. The minimum Gasteiger partial charge on any atom is -0.349 e. The molecule has 1 aromatic heterocycles. The molecule has 0 saturated heterocycles. The molecule has 1 atom stereocenters. The fraction of sp³-hybridized carbons (Fsp3) is 0.375. The summed E-state index contributed by atoms with van der Waals surface area (Å²) in [5.41, 5.74) is 2.29. The summed E-state index contributed by atoms with van der Waals surface area (Å²) in [4.78, 5) is 12.3. The molecule has 0 saturated carbocycles. The van der Waals surface area contributed by atoms with Crippen LogP contribution in [0.15, 0.2) is 30.5 Å². The molecule has 1 heterocycles. The number of benzene rings is 1. The van der Waals surface area contributed by atoms with Gasteiger partial charge < -0.3 is 5.32 Å². The van der Waals surface area contributed by atoms with Crippen LogP contribution < -0.4 is 5.32 Å². The van der Waals surface area contributed by atoms with Gasteiger partial charge in [-0.25, -0.2) is 4.68 Å². The lowest BCUT2D eigenvalue weighted by Gasteiger charge is -2.17. The van der Waals surface area contributed by atoms with Crippen molar-refractivity contribution < 1.29 is 4.79 Å². The summed E-state index contributed by atoms with van der Waals surface area (Å²) in [5, 5.41) is 7.97. The molecule has 0 fully saturated rings. The third-order valence-corrected chi connectivity index (χ3v) is 3.94. The minimum atomic E-state index is -0.0890. The number of carbonyl (C=O) groups is 1. The number of aromatic nitrogens is 2. The normalized spacial score (nSPS) is 12.5. The molecule has 5 heteroatoms. The molecule has 21 heavy (non-hydrogen) atoms. The zero-order chi connectivity index (χ0) is 15.6. The zero-order valence-corrected chi connectivity index (χ0v) is 13.5. The molecule has 1 N–H and O–H groups in total. The number of hydrogen-bond acceptors (Lipinski definition) is 2. The molecule has 0 spiro atoms. The molecule has 1 amide bonds. The number of nitrogens with one attached hydrogen (secondary N) is 1. The van der Waals surface area contributed by atoms with E-state index in [1.54, 1.807) is 23.0 Å². The lowest BCUT2D eigenvalue weighted by molar-refractivity contribution is 0.0930. The van der Waals surface area contributed by atoms with Crippen LogP contribution in [0.1, 0.15) is 36.8 Å². The van der Waals surface area contributed by atoms with Gasteiger partial charge in [-0.3, -0.25) is 4.79 Å². The van der Waals surface area contributed by atoms with E-state index in [-0.39, 0.29) is 11.9 Å². The second kappa shape index (κ2) is 6.31. The highest BCUT2D eigenvalue weighted by atomic mass is 35.5. The predicted molar refractivity (Wildman–Crippen MR) is 85.1 cm³/mol. The van der Waals surface area contributed by atoms with E-state index in [1.807, 2.05) is 26.0 Å². The van der Waals surface area contributed by atoms with Gasteiger partial charge in [0.2, 0.25) is 0 Å². The molecule has 112 valence electrons. The second-order valence-electron chi connectivity index (χ2n) is 5.54. The van der Waals surface area contributed by atoms with E-state index in [9.17, 15) is 4.79 Å². The first-order valence-corrected chi connectivity index (χ1v) is 7.39. The van der Waals surface area contributed by atoms with Gasteiger partial charge in [0.05, 0.1) is 23.1 Å². The third-order valence-electron chi connectivity index (χ3n) is 3.68. The van der Waals surface area contributed by atoms with Gasteiger partial charge in [0, 0.05) is 11.1 Å². The molecule has 0 radical (unpaired) electrons. The predicted octanol–water partition coefficient (Wildman–Crippen LogP) is 3.61. The number of halogens is 1. The summed E-state index contributed by atoms with van der Waals surface area (Å²) in [6.07, 6.45) is 1.60. The molecule has 4 nitrogen and oxygen atoms in total. The van der Waals surface area contributed by atoms with Crippen molar-refractivity contribution in [3.8, 4) is 5.69 Å². The van der Waals surface area contributed by atoms with Crippen molar-refractivity contribution in [3.05, 3.63) is 46.7 Å². The molecule has 0 bridgehead atoms. The number of nitrogens with zero attached hydrogens (tertiary/aromatic N) is 2. The van der Waals surface area contributed by atoms with Crippen LogP contribution in [0.2, 0.25) is 5.02 Å². The standard InChI is InChI=1S/C16H20ClN3O/c1-10(2)11(3)19-16(21)15-9-18-20(12(15)4)14-7-5-13(17)6-8-14/h5-11H,1-4H3,(H,19,21). The second-order valence-corrected chi connectivity index (χ2v) is 5.97. The molecular weight excluding hydrogens is 286 g/mol. The first-order valence-electron chi connectivity index (χ1n) is 7.01. The lowest BCUT2D eigenvalue weighted by Crippen LogP contribution is -2.36. The molecule has 1 unspecified atom stereocenters. The van der Waals surface area contributed by atoms with E-state index in [0.717, 1.165) is 11.4 Å². The summed E-state index contributed by atoms with van der Waals surface area (Å²) < 4.78 is 1.74. The number of carbonyl (C=O) groups excluding carboxylic acids is 1. The Morgan fingerprint density at radius 3 is 2.43 bits per heavy atom. The summed E-state index contributed by atoms with van der Waals surface area (Å²) in [7, 11) is 0. The number of amides is 1. The van der Waals surface area contributed by atoms with E-state index in [2.05, 4.69) is 24.3 Å². The van der Waals surface area contributed by atoms with Gasteiger partial charge >= 0.3 is 0 Å². The maximum Gasteiger partial charge on any atom is 0.254 e. The molecule has 2 aromatic rings. The average Bonchev–Trinajstić information content (AvgIpc) is 2.81. The largest absolute Gasteiger partial charge is 0.349 e. The summed E-state index contributed by atoms with van der Waals surface area (Å²) in [5.74, 6) is 0.300. The zero-order valence-electron chi connectivity index (χ0n) is 12.7. The Kier molecular flexibility index (Phi) is 4.68. The van der Waals surface area contributed by atoms with Gasteiger partial charge in [-0.2, -0.15) is 5.10 Å². The Bertz CT molecular complexity index is 631. The van der Waals surface area contributed by atoms with Crippen molar-refractivity contribution in [1.82, 2.24) is 15.1 Å². The summed E-state index contributed by atoms with van der Waals surface area (Å²) >= 11 is 5.89. The van der Waals surface area contributed by atoms with Gasteiger partial charge in [0.25, 0.3) is 5.91 Å². The van der Waals surface area contributed by atoms with Crippen LogP contribution in [0.5, 0.6) is 0 Å². The first-order chi connectivity index (χ1) is 9.90. The average molecular weight is 306 g/mol. The van der Waals surface area contributed by atoms with Crippen LogP contribution in [0.3, 0.4) is 0 Å². The van der Waals surface area contributed by atoms with Crippen LogP contribution in [0, 0.1) is 12.8 Å². The highest BCUT2D eigenvalue weighted by Crippen LogP contribution is 2.17.